The van der Waals surface area contributed by atoms with Crippen LogP contribution in [-0.2, 0) is 28.8 Å². The highest BCUT2D eigenvalue weighted by atomic mass is 16.4. The maximum absolute atomic E-state index is 12.8. The SMILES string of the molecule is CC(O)C(NC(=O)C(N)CCC(=O)O)C(=O)NC(CC(N)=O)C(=O)N1CCCC1C(=O)O. The number of primary amides is 1. The van der Waals surface area contributed by atoms with Crippen molar-refractivity contribution in [3.05, 3.63) is 0 Å². The summed E-state index contributed by atoms with van der Waals surface area (Å²) in [5.41, 5.74) is 10.7. The number of carboxylic acids is 2. The Kier molecular flexibility index (Phi) is 10.00. The number of aliphatic hydroxyl groups excluding tert-OH is 1. The molecule has 1 saturated heterocycles. The van der Waals surface area contributed by atoms with E-state index in [4.69, 9.17) is 16.6 Å². The van der Waals surface area contributed by atoms with Crippen LogP contribution < -0.4 is 22.1 Å². The fourth-order valence-corrected chi connectivity index (χ4v) is 3.23. The highest BCUT2D eigenvalue weighted by Crippen LogP contribution is 2.19. The number of aliphatic carboxylic acids is 2. The van der Waals surface area contributed by atoms with Gasteiger partial charge in [0, 0.05) is 13.0 Å². The Balaban J connectivity index is 2.94. The van der Waals surface area contributed by atoms with Crippen LogP contribution in [0.5, 0.6) is 0 Å². The first kappa shape index (κ1) is 26.8. The van der Waals surface area contributed by atoms with E-state index in [0.29, 0.717) is 6.42 Å². The summed E-state index contributed by atoms with van der Waals surface area (Å²) >= 11 is 0. The molecule has 180 valence electrons. The molecule has 1 aliphatic heterocycles. The van der Waals surface area contributed by atoms with Crippen LogP contribution in [0.1, 0.15) is 39.0 Å². The Morgan fingerprint density at radius 2 is 1.72 bits per heavy atom. The normalized spacial score (nSPS) is 19.3. The molecule has 0 spiro atoms. The molecule has 4 amide bonds. The van der Waals surface area contributed by atoms with Gasteiger partial charge in [0.2, 0.25) is 23.6 Å². The van der Waals surface area contributed by atoms with Crippen molar-refractivity contribution in [2.75, 3.05) is 6.54 Å². The first-order valence-corrected chi connectivity index (χ1v) is 9.92. The molecule has 0 aromatic rings. The Labute approximate surface area is 183 Å². The van der Waals surface area contributed by atoms with E-state index in [0.717, 1.165) is 4.90 Å². The molecule has 14 heteroatoms. The standard InChI is InChI=1S/C18H29N5O9/c1-8(24)14(22-15(28)9(19)4-5-13(26)27)16(29)21-10(7-12(20)25)17(30)23-6-2-3-11(23)18(31)32/h8-11,14,24H,2-7,19H2,1H3,(H2,20,25)(H,21,29)(H,22,28)(H,26,27)(H,31,32). The molecule has 9 N–H and O–H groups in total. The van der Waals surface area contributed by atoms with Crippen LogP contribution in [0.4, 0.5) is 0 Å². The number of nitrogens with two attached hydrogens (primary N) is 2. The predicted molar refractivity (Wildman–Crippen MR) is 107 cm³/mol. The monoisotopic (exact) mass is 459 g/mol. The molecule has 14 nitrogen and oxygen atoms in total. The molecule has 0 aromatic heterocycles. The summed E-state index contributed by atoms with van der Waals surface area (Å²) in [6.07, 6.45) is -2.07. The zero-order valence-electron chi connectivity index (χ0n) is 17.5. The number of nitrogens with one attached hydrogen (secondary N) is 2. The van der Waals surface area contributed by atoms with E-state index in [1.54, 1.807) is 0 Å². The highest BCUT2D eigenvalue weighted by Gasteiger charge is 2.39. The third-order valence-corrected chi connectivity index (χ3v) is 4.91. The lowest BCUT2D eigenvalue weighted by Crippen LogP contribution is -2.60. The van der Waals surface area contributed by atoms with E-state index in [2.05, 4.69) is 10.6 Å². The van der Waals surface area contributed by atoms with Gasteiger partial charge >= 0.3 is 11.9 Å². The van der Waals surface area contributed by atoms with Gasteiger partial charge in [0.25, 0.3) is 0 Å². The van der Waals surface area contributed by atoms with Crippen molar-refractivity contribution >= 4 is 35.6 Å². The maximum Gasteiger partial charge on any atom is 0.326 e. The number of amides is 4. The van der Waals surface area contributed by atoms with Gasteiger partial charge < -0.3 is 42.3 Å². The number of hydrogen-bond donors (Lipinski definition) is 7. The maximum atomic E-state index is 12.8. The molecule has 0 radical (unpaired) electrons. The number of nitrogens with zero attached hydrogens (tertiary/aromatic N) is 1. The van der Waals surface area contributed by atoms with Gasteiger partial charge in [-0.2, -0.15) is 0 Å². The second kappa shape index (κ2) is 12.0. The van der Waals surface area contributed by atoms with Gasteiger partial charge in [0.1, 0.15) is 18.1 Å². The smallest absolute Gasteiger partial charge is 0.326 e. The van der Waals surface area contributed by atoms with Crippen LogP contribution in [0, 0.1) is 0 Å². The van der Waals surface area contributed by atoms with Crippen LogP contribution in [-0.4, -0.2) is 92.6 Å². The lowest BCUT2D eigenvalue weighted by Gasteiger charge is -2.29. The zero-order chi connectivity index (χ0) is 24.6. The summed E-state index contributed by atoms with van der Waals surface area (Å²) < 4.78 is 0. The minimum Gasteiger partial charge on any atom is -0.481 e. The number of carbonyl (C=O) groups is 6. The fraction of sp³-hybridized carbons (Fsp3) is 0.667. The number of rotatable bonds is 12. The molecule has 32 heavy (non-hydrogen) atoms. The Hall–Kier alpha value is -3.26. The van der Waals surface area contributed by atoms with Crippen molar-refractivity contribution in [3.8, 4) is 0 Å². The minimum atomic E-state index is -1.59. The number of carboxylic acid groups (broad SMARTS) is 2. The second-order valence-electron chi connectivity index (χ2n) is 7.53. The molecule has 1 heterocycles. The van der Waals surface area contributed by atoms with Crippen molar-refractivity contribution in [3.63, 3.8) is 0 Å². The van der Waals surface area contributed by atoms with Gasteiger partial charge in [-0.25, -0.2) is 4.79 Å². The molecule has 0 bridgehead atoms. The quantitative estimate of drug-likeness (QED) is 0.152. The van der Waals surface area contributed by atoms with Gasteiger partial charge in [-0.3, -0.25) is 24.0 Å². The predicted octanol–water partition coefficient (Wildman–Crippen LogP) is -3.52. The Morgan fingerprint density at radius 3 is 2.22 bits per heavy atom. The van der Waals surface area contributed by atoms with Crippen molar-refractivity contribution in [2.45, 2.75) is 69.3 Å². The van der Waals surface area contributed by atoms with Crippen LogP contribution >= 0.6 is 0 Å². The molecular formula is C18H29N5O9. The van der Waals surface area contributed by atoms with Crippen LogP contribution in [0.2, 0.25) is 0 Å². The first-order valence-electron chi connectivity index (χ1n) is 9.92. The van der Waals surface area contributed by atoms with Gasteiger partial charge in [-0.1, -0.05) is 0 Å². The van der Waals surface area contributed by atoms with Gasteiger partial charge in [0.05, 0.1) is 18.6 Å². The van der Waals surface area contributed by atoms with E-state index in [9.17, 15) is 39.0 Å². The molecule has 0 aliphatic carbocycles. The van der Waals surface area contributed by atoms with Gasteiger partial charge in [0.15, 0.2) is 0 Å². The Morgan fingerprint density at radius 1 is 1.09 bits per heavy atom. The van der Waals surface area contributed by atoms with E-state index in [-0.39, 0.29) is 19.4 Å². The number of hydrogen-bond acceptors (Lipinski definition) is 8. The van der Waals surface area contributed by atoms with Gasteiger partial charge in [-0.05, 0) is 26.2 Å². The average Bonchev–Trinajstić information content (AvgIpc) is 3.18. The van der Waals surface area contributed by atoms with E-state index < -0.39 is 78.7 Å². The highest BCUT2D eigenvalue weighted by molar-refractivity contribution is 5.96. The molecule has 5 unspecified atom stereocenters. The lowest BCUT2D eigenvalue weighted by molar-refractivity contribution is -0.150. The third-order valence-electron chi connectivity index (χ3n) is 4.91. The van der Waals surface area contributed by atoms with Gasteiger partial charge in [-0.15, -0.1) is 0 Å². The first-order chi connectivity index (χ1) is 14.8. The molecule has 5 atom stereocenters. The molecule has 1 rings (SSSR count). The van der Waals surface area contributed by atoms with Crippen molar-refractivity contribution < 1.29 is 44.1 Å². The average molecular weight is 459 g/mol. The topological polar surface area (TPSA) is 242 Å². The van der Waals surface area contributed by atoms with E-state index in [1.807, 2.05) is 0 Å². The van der Waals surface area contributed by atoms with Crippen LogP contribution in [0.25, 0.3) is 0 Å². The van der Waals surface area contributed by atoms with Crippen molar-refractivity contribution in [1.82, 2.24) is 15.5 Å². The molecule has 0 aromatic carbocycles. The number of carbonyl (C=O) groups excluding carboxylic acids is 4. The zero-order valence-corrected chi connectivity index (χ0v) is 17.5. The van der Waals surface area contributed by atoms with Crippen molar-refractivity contribution in [1.29, 1.82) is 0 Å². The summed E-state index contributed by atoms with van der Waals surface area (Å²) in [5.74, 6) is -6.13. The summed E-state index contributed by atoms with van der Waals surface area (Å²) in [6.45, 7) is 1.29. The molecule has 0 saturated carbocycles. The Bertz CT molecular complexity index is 757. The van der Waals surface area contributed by atoms with Crippen LogP contribution in [0.15, 0.2) is 0 Å². The summed E-state index contributed by atoms with van der Waals surface area (Å²) in [7, 11) is 0. The molecule has 1 fully saturated rings. The molecular weight excluding hydrogens is 430 g/mol. The van der Waals surface area contributed by atoms with Crippen LogP contribution in [0.3, 0.4) is 0 Å². The lowest BCUT2D eigenvalue weighted by atomic mass is 10.1. The van der Waals surface area contributed by atoms with Crippen molar-refractivity contribution in [2.24, 2.45) is 11.5 Å². The third kappa shape index (κ3) is 7.77. The van der Waals surface area contributed by atoms with E-state index in [1.165, 1.54) is 6.92 Å². The number of aliphatic hydroxyl groups is 1. The second-order valence-corrected chi connectivity index (χ2v) is 7.53. The van der Waals surface area contributed by atoms with E-state index >= 15 is 0 Å². The summed E-state index contributed by atoms with van der Waals surface area (Å²) in [4.78, 5) is 72.1. The largest absolute Gasteiger partial charge is 0.481 e. The minimum absolute atomic E-state index is 0.107. The molecule has 1 aliphatic rings. The fourth-order valence-electron chi connectivity index (χ4n) is 3.23. The summed E-state index contributed by atoms with van der Waals surface area (Å²) in [6, 6.07) is -5.49. The number of likely N-dealkylation sites (tertiary alicyclic amines) is 1. The summed E-state index contributed by atoms with van der Waals surface area (Å²) in [5, 5.41) is 32.3.